The lowest BCUT2D eigenvalue weighted by Gasteiger charge is -2.23. The highest BCUT2D eigenvalue weighted by Gasteiger charge is 2.30. The van der Waals surface area contributed by atoms with Crippen molar-refractivity contribution in [3.8, 4) is 11.1 Å². The largest absolute Gasteiger partial charge is 0.480 e. The Morgan fingerprint density at radius 2 is 1.53 bits per heavy atom. The van der Waals surface area contributed by atoms with Gasteiger partial charge in [-0.1, -0.05) is 69.3 Å². The Balaban J connectivity index is 1.61. The second-order valence-electron chi connectivity index (χ2n) is 8.39. The number of amides is 2. The molecule has 0 heterocycles. The monoisotopic (exact) mass is 438 g/mol. The van der Waals surface area contributed by atoms with Crippen LogP contribution in [-0.4, -0.2) is 41.8 Å². The first kappa shape index (κ1) is 23.3. The summed E-state index contributed by atoms with van der Waals surface area (Å²) in [7, 11) is 0. The molecule has 1 aliphatic rings. The van der Waals surface area contributed by atoms with Gasteiger partial charge in [0.15, 0.2) is 0 Å². The molecule has 7 nitrogen and oxygen atoms in total. The van der Waals surface area contributed by atoms with E-state index in [9.17, 15) is 14.4 Å². The Labute approximate surface area is 188 Å². The van der Waals surface area contributed by atoms with Crippen molar-refractivity contribution in [2.75, 3.05) is 6.61 Å². The Kier molecular flexibility index (Phi) is 7.51. The molecule has 1 aliphatic carbocycles. The molecule has 0 aliphatic heterocycles. The number of hydrogen-bond acceptors (Lipinski definition) is 4. The number of hydrogen-bond donors (Lipinski definition) is 3. The van der Waals surface area contributed by atoms with Crippen LogP contribution in [0.1, 0.15) is 50.7 Å². The highest BCUT2D eigenvalue weighted by Crippen LogP contribution is 2.44. The molecule has 3 N–H and O–H groups in total. The van der Waals surface area contributed by atoms with E-state index in [1.165, 1.54) is 0 Å². The number of carbonyl (C=O) groups is 3. The van der Waals surface area contributed by atoms with Gasteiger partial charge < -0.3 is 20.5 Å². The smallest absolute Gasteiger partial charge is 0.407 e. The van der Waals surface area contributed by atoms with Gasteiger partial charge in [-0.3, -0.25) is 4.79 Å². The summed E-state index contributed by atoms with van der Waals surface area (Å²) >= 11 is 0. The van der Waals surface area contributed by atoms with Gasteiger partial charge in [0, 0.05) is 18.4 Å². The Morgan fingerprint density at radius 1 is 0.969 bits per heavy atom. The molecule has 1 unspecified atom stereocenters. The molecule has 32 heavy (non-hydrogen) atoms. The predicted octanol–water partition coefficient (Wildman–Crippen LogP) is 3.92. The van der Waals surface area contributed by atoms with Crippen molar-refractivity contribution in [1.82, 2.24) is 10.6 Å². The fourth-order valence-corrected chi connectivity index (χ4v) is 4.04. The first-order valence-electron chi connectivity index (χ1n) is 11.0. The zero-order valence-corrected chi connectivity index (χ0v) is 18.6. The lowest BCUT2D eigenvalue weighted by atomic mass is 9.98. The van der Waals surface area contributed by atoms with Gasteiger partial charge in [0.05, 0.1) is 0 Å². The van der Waals surface area contributed by atoms with Crippen molar-refractivity contribution in [1.29, 1.82) is 0 Å². The van der Waals surface area contributed by atoms with Crippen LogP contribution in [0.15, 0.2) is 48.5 Å². The second-order valence-corrected chi connectivity index (χ2v) is 8.39. The number of carboxylic acids is 1. The maximum atomic E-state index is 12.5. The molecular formula is C25H30N2O5. The summed E-state index contributed by atoms with van der Waals surface area (Å²) in [5, 5.41) is 14.4. The van der Waals surface area contributed by atoms with Gasteiger partial charge in [0.2, 0.25) is 5.91 Å². The summed E-state index contributed by atoms with van der Waals surface area (Å²) in [6.45, 7) is 5.65. The number of aliphatic carboxylic acids is 1. The number of carbonyl (C=O) groups excluding carboxylic acids is 2. The van der Waals surface area contributed by atoms with E-state index in [-0.39, 0.29) is 31.3 Å². The van der Waals surface area contributed by atoms with E-state index < -0.39 is 30.1 Å². The number of benzene rings is 2. The van der Waals surface area contributed by atoms with E-state index in [1.54, 1.807) is 6.92 Å². The minimum absolute atomic E-state index is 0.0222. The van der Waals surface area contributed by atoms with Crippen molar-refractivity contribution in [2.24, 2.45) is 5.92 Å². The summed E-state index contributed by atoms with van der Waals surface area (Å²) in [6, 6.07) is 14.8. The average Bonchev–Trinajstić information content (AvgIpc) is 3.09. The highest BCUT2D eigenvalue weighted by molar-refractivity contribution is 5.84. The minimum atomic E-state index is -1.08. The molecule has 7 heteroatoms. The summed E-state index contributed by atoms with van der Waals surface area (Å²) in [6.07, 6.45) is -0.331. The summed E-state index contributed by atoms with van der Waals surface area (Å²) in [5.74, 6) is -1.58. The van der Waals surface area contributed by atoms with Crippen molar-refractivity contribution < 1.29 is 24.2 Å². The molecule has 0 bridgehead atoms. The molecule has 170 valence electrons. The summed E-state index contributed by atoms with van der Waals surface area (Å²) < 4.78 is 5.57. The van der Waals surface area contributed by atoms with E-state index in [0.29, 0.717) is 0 Å². The average molecular weight is 439 g/mol. The van der Waals surface area contributed by atoms with E-state index >= 15 is 0 Å². The van der Waals surface area contributed by atoms with Crippen LogP contribution in [0, 0.1) is 5.92 Å². The normalized spacial score (nSPS) is 14.2. The van der Waals surface area contributed by atoms with Crippen LogP contribution in [0.4, 0.5) is 4.79 Å². The maximum absolute atomic E-state index is 12.5. The van der Waals surface area contributed by atoms with Crippen LogP contribution in [-0.2, 0) is 14.3 Å². The molecule has 2 aromatic carbocycles. The van der Waals surface area contributed by atoms with E-state index in [4.69, 9.17) is 9.84 Å². The van der Waals surface area contributed by atoms with E-state index in [2.05, 4.69) is 34.9 Å². The van der Waals surface area contributed by atoms with Crippen LogP contribution >= 0.6 is 0 Å². The number of carboxylic acid groups (broad SMARTS) is 1. The molecular weight excluding hydrogens is 408 g/mol. The fourth-order valence-electron chi connectivity index (χ4n) is 4.04. The Bertz CT molecular complexity index is 942. The van der Waals surface area contributed by atoms with Gasteiger partial charge in [-0.25, -0.2) is 9.59 Å². The van der Waals surface area contributed by atoms with E-state index in [0.717, 1.165) is 22.3 Å². The zero-order valence-electron chi connectivity index (χ0n) is 18.6. The molecule has 0 saturated heterocycles. The molecule has 0 radical (unpaired) electrons. The summed E-state index contributed by atoms with van der Waals surface area (Å²) in [5.41, 5.74) is 4.55. The van der Waals surface area contributed by atoms with Gasteiger partial charge in [-0.2, -0.15) is 0 Å². The van der Waals surface area contributed by atoms with Crippen molar-refractivity contribution in [3.05, 3.63) is 59.7 Å². The van der Waals surface area contributed by atoms with Crippen LogP contribution < -0.4 is 10.6 Å². The predicted molar refractivity (Wildman–Crippen MR) is 121 cm³/mol. The quantitative estimate of drug-likeness (QED) is 0.550. The topological polar surface area (TPSA) is 105 Å². The molecule has 0 saturated carbocycles. The molecule has 2 atom stereocenters. The van der Waals surface area contributed by atoms with Crippen molar-refractivity contribution in [3.63, 3.8) is 0 Å². The molecule has 0 fully saturated rings. The van der Waals surface area contributed by atoms with Gasteiger partial charge >= 0.3 is 12.1 Å². The third-order valence-electron chi connectivity index (χ3n) is 5.90. The van der Waals surface area contributed by atoms with Crippen molar-refractivity contribution in [2.45, 2.75) is 51.6 Å². The van der Waals surface area contributed by atoms with Gasteiger partial charge in [-0.15, -0.1) is 0 Å². The van der Waals surface area contributed by atoms with Crippen LogP contribution in [0.2, 0.25) is 0 Å². The molecule has 0 aromatic heterocycles. The molecule has 2 aromatic rings. The first-order valence-corrected chi connectivity index (χ1v) is 11.0. The van der Waals surface area contributed by atoms with Crippen LogP contribution in [0.25, 0.3) is 11.1 Å². The van der Waals surface area contributed by atoms with Crippen LogP contribution in [0.5, 0.6) is 0 Å². The Hall–Kier alpha value is -3.35. The van der Waals surface area contributed by atoms with Gasteiger partial charge in [-0.05, 0) is 34.6 Å². The lowest BCUT2D eigenvalue weighted by Crippen LogP contribution is -2.46. The third-order valence-corrected chi connectivity index (χ3v) is 5.90. The second kappa shape index (κ2) is 10.3. The van der Waals surface area contributed by atoms with Crippen molar-refractivity contribution >= 4 is 18.0 Å². The van der Waals surface area contributed by atoms with E-state index in [1.807, 2.05) is 38.1 Å². The minimum Gasteiger partial charge on any atom is -0.480 e. The Morgan fingerprint density at radius 3 is 2.03 bits per heavy atom. The number of rotatable bonds is 9. The number of ether oxygens (including phenoxy) is 1. The lowest BCUT2D eigenvalue weighted by molar-refractivity contribution is -0.142. The molecule has 0 spiro atoms. The van der Waals surface area contributed by atoms with Gasteiger partial charge in [0.1, 0.15) is 12.6 Å². The fraction of sp³-hybridized carbons (Fsp3) is 0.400. The number of alkyl carbamates (subject to hydrolysis) is 1. The van der Waals surface area contributed by atoms with Crippen LogP contribution in [0.3, 0.4) is 0 Å². The third kappa shape index (κ3) is 5.28. The molecule has 3 rings (SSSR count). The maximum Gasteiger partial charge on any atom is 0.407 e. The van der Waals surface area contributed by atoms with Gasteiger partial charge in [0.25, 0.3) is 0 Å². The standard InChI is InChI=1S/C25H30N2O5/c1-4-21(24(29)30)26-23(28)13-22(15(2)3)27-25(31)32-14-20-18-11-7-5-9-16(18)17-10-6-8-12-19(17)20/h5-12,15,20-22H,4,13-14H2,1-3H3,(H,26,28)(H,27,31)(H,29,30)/t21?,22-/m0/s1. The zero-order chi connectivity index (χ0) is 23.3. The number of fused-ring (bicyclic) bond motifs is 3. The molecule has 2 amide bonds. The first-order chi connectivity index (χ1) is 15.3. The summed E-state index contributed by atoms with van der Waals surface area (Å²) in [4.78, 5) is 36.0. The SMILES string of the molecule is CCC(NC(=O)C[C@H](NC(=O)OCC1c2ccccc2-c2ccccc21)C(C)C)C(=O)O. The number of nitrogens with one attached hydrogen (secondary N) is 2. The highest BCUT2D eigenvalue weighted by atomic mass is 16.5.